The van der Waals surface area contributed by atoms with Crippen LogP contribution in [0.25, 0.3) is 0 Å². The smallest absolute Gasteiger partial charge is 0.313 e. The van der Waals surface area contributed by atoms with Crippen LogP contribution in [0.4, 0.5) is 0 Å². The summed E-state index contributed by atoms with van der Waals surface area (Å²) in [5.41, 5.74) is -0.770. The van der Waals surface area contributed by atoms with E-state index in [-0.39, 0.29) is 11.3 Å². The number of aromatic nitrogens is 2. The van der Waals surface area contributed by atoms with Gasteiger partial charge in [0.05, 0.1) is 5.56 Å². The van der Waals surface area contributed by atoms with Gasteiger partial charge in [-0.2, -0.15) is 0 Å². The Kier molecular flexibility index (Phi) is 2.92. The van der Waals surface area contributed by atoms with E-state index < -0.39 is 11.2 Å². The maximum Gasteiger partial charge on any atom is 0.328 e. The minimum absolute atomic E-state index is 0.0740. The fraction of sp³-hybridized carbons (Fsp3) is 0.643. The first-order chi connectivity index (χ1) is 9.08. The van der Waals surface area contributed by atoms with Crippen LogP contribution in [0.3, 0.4) is 0 Å². The molecule has 2 aliphatic rings. The lowest BCUT2D eigenvalue weighted by atomic mass is 9.98. The lowest BCUT2D eigenvalue weighted by Crippen LogP contribution is -2.40. The first-order valence-corrected chi connectivity index (χ1v) is 6.91. The monoisotopic (exact) mass is 262 g/mol. The molecule has 2 saturated carbocycles. The van der Waals surface area contributed by atoms with E-state index >= 15 is 0 Å². The third kappa shape index (κ3) is 2.41. The number of hydrogen-bond acceptors (Lipinski definition) is 3. The molecule has 0 atom stereocenters. The fourth-order valence-corrected chi connectivity index (χ4v) is 2.87. The third-order valence-electron chi connectivity index (χ3n) is 4.29. The summed E-state index contributed by atoms with van der Waals surface area (Å²) in [6.07, 6.45) is 6.06. The van der Waals surface area contributed by atoms with Crippen LogP contribution < -0.4 is 11.2 Å². The molecule has 1 heterocycles. The molecule has 0 saturated heterocycles. The minimum Gasteiger partial charge on any atom is -0.313 e. The molecule has 0 aromatic carbocycles. The van der Waals surface area contributed by atoms with E-state index in [0.717, 1.165) is 0 Å². The van der Waals surface area contributed by atoms with Crippen molar-refractivity contribution in [1.82, 2.24) is 9.55 Å². The van der Waals surface area contributed by atoms with E-state index in [1.54, 1.807) is 0 Å². The van der Waals surface area contributed by atoms with Crippen molar-refractivity contribution >= 4 is 5.78 Å². The van der Waals surface area contributed by atoms with Gasteiger partial charge in [-0.25, -0.2) is 4.79 Å². The number of nitrogens with one attached hydrogen (secondary N) is 1. The second kappa shape index (κ2) is 4.47. The van der Waals surface area contributed by atoms with Crippen LogP contribution in [0.5, 0.6) is 0 Å². The summed E-state index contributed by atoms with van der Waals surface area (Å²) in [6, 6.07) is 0. The standard InChI is InChI=1S/C14H18N2O3/c1-8(17)11-6-15-14(19)16(13(11)18)7-12(9-2-3-9)10-4-5-10/h6,9-10,12H,2-5,7H2,1H3,(H,15,19). The number of rotatable bonds is 5. The molecule has 102 valence electrons. The molecule has 0 spiro atoms. The molecule has 0 radical (unpaired) electrons. The van der Waals surface area contributed by atoms with Crippen LogP contribution in [-0.2, 0) is 6.54 Å². The van der Waals surface area contributed by atoms with Crippen LogP contribution in [0.1, 0.15) is 43.0 Å². The normalized spacial score (nSPS) is 18.8. The molecule has 0 bridgehead atoms. The first-order valence-electron chi connectivity index (χ1n) is 6.91. The zero-order chi connectivity index (χ0) is 13.6. The van der Waals surface area contributed by atoms with Gasteiger partial charge >= 0.3 is 5.69 Å². The number of H-pyrrole nitrogens is 1. The van der Waals surface area contributed by atoms with Crippen molar-refractivity contribution < 1.29 is 4.79 Å². The Morgan fingerprint density at radius 2 is 1.89 bits per heavy atom. The second-order valence-corrected chi connectivity index (χ2v) is 5.82. The highest BCUT2D eigenvalue weighted by atomic mass is 16.2. The summed E-state index contributed by atoms with van der Waals surface area (Å²) in [5.74, 6) is 1.46. The Hall–Kier alpha value is -1.65. The maximum absolute atomic E-state index is 12.2. The highest BCUT2D eigenvalue weighted by Gasteiger charge is 2.41. The largest absolute Gasteiger partial charge is 0.328 e. The summed E-state index contributed by atoms with van der Waals surface area (Å²) in [4.78, 5) is 37.9. The highest BCUT2D eigenvalue weighted by molar-refractivity contribution is 5.93. The number of aromatic amines is 1. The number of hydrogen-bond donors (Lipinski definition) is 1. The Bertz CT molecular complexity index is 608. The van der Waals surface area contributed by atoms with Crippen molar-refractivity contribution in [3.8, 4) is 0 Å². The molecule has 0 amide bonds. The van der Waals surface area contributed by atoms with Gasteiger partial charge in [0, 0.05) is 12.7 Å². The quantitative estimate of drug-likeness (QED) is 0.810. The van der Waals surface area contributed by atoms with Gasteiger partial charge in [0.1, 0.15) is 0 Å². The van der Waals surface area contributed by atoms with Gasteiger partial charge in [0.25, 0.3) is 5.56 Å². The zero-order valence-electron chi connectivity index (χ0n) is 11.0. The summed E-state index contributed by atoms with van der Waals surface area (Å²) < 4.78 is 1.22. The summed E-state index contributed by atoms with van der Waals surface area (Å²) >= 11 is 0. The van der Waals surface area contributed by atoms with Crippen molar-refractivity contribution in [2.24, 2.45) is 17.8 Å². The maximum atomic E-state index is 12.2. The summed E-state index contributed by atoms with van der Waals surface area (Å²) in [7, 11) is 0. The molecular formula is C14H18N2O3. The Morgan fingerprint density at radius 1 is 1.32 bits per heavy atom. The zero-order valence-corrected chi connectivity index (χ0v) is 11.0. The van der Waals surface area contributed by atoms with Gasteiger partial charge in [0.2, 0.25) is 0 Å². The van der Waals surface area contributed by atoms with E-state index in [1.165, 1.54) is 43.4 Å². The van der Waals surface area contributed by atoms with E-state index in [4.69, 9.17) is 0 Å². The predicted octanol–water partition coefficient (Wildman–Crippen LogP) is 1.18. The SMILES string of the molecule is CC(=O)c1c[nH]c(=O)n(CC(C2CC2)C2CC2)c1=O. The topological polar surface area (TPSA) is 71.9 Å². The van der Waals surface area contributed by atoms with E-state index in [1.807, 2.05) is 0 Å². The van der Waals surface area contributed by atoms with Gasteiger partial charge in [-0.3, -0.25) is 14.2 Å². The average molecular weight is 262 g/mol. The van der Waals surface area contributed by atoms with Gasteiger partial charge < -0.3 is 4.98 Å². The molecule has 2 aliphatic carbocycles. The van der Waals surface area contributed by atoms with Crippen molar-refractivity contribution in [2.75, 3.05) is 0 Å². The predicted molar refractivity (Wildman–Crippen MR) is 70.3 cm³/mol. The highest BCUT2D eigenvalue weighted by Crippen LogP contribution is 2.49. The first kappa shape index (κ1) is 12.4. The number of carbonyl (C=O) groups excluding carboxylic acids is 1. The van der Waals surface area contributed by atoms with Crippen molar-refractivity contribution in [3.63, 3.8) is 0 Å². The van der Waals surface area contributed by atoms with Crippen molar-refractivity contribution in [1.29, 1.82) is 0 Å². The van der Waals surface area contributed by atoms with Crippen LogP contribution in [-0.4, -0.2) is 15.3 Å². The van der Waals surface area contributed by atoms with E-state index in [0.29, 0.717) is 24.3 Å². The number of nitrogens with zero attached hydrogens (tertiary/aromatic N) is 1. The minimum atomic E-state index is -0.442. The Morgan fingerprint density at radius 3 is 2.37 bits per heavy atom. The summed E-state index contributed by atoms with van der Waals surface area (Å²) in [6.45, 7) is 1.81. The van der Waals surface area contributed by atoms with Gasteiger partial charge in [0.15, 0.2) is 5.78 Å². The van der Waals surface area contributed by atoms with Crippen LogP contribution in [0.2, 0.25) is 0 Å². The van der Waals surface area contributed by atoms with Crippen molar-refractivity contribution in [3.05, 3.63) is 32.6 Å². The molecule has 3 rings (SSSR count). The Balaban J connectivity index is 1.95. The van der Waals surface area contributed by atoms with E-state index in [9.17, 15) is 14.4 Å². The van der Waals surface area contributed by atoms with Crippen LogP contribution >= 0.6 is 0 Å². The van der Waals surface area contributed by atoms with Crippen LogP contribution in [0, 0.1) is 17.8 Å². The number of carbonyl (C=O) groups is 1. The number of ketones is 1. The third-order valence-corrected chi connectivity index (χ3v) is 4.29. The molecule has 19 heavy (non-hydrogen) atoms. The molecule has 1 aromatic heterocycles. The fourth-order valence-electron chi connectivity index (χ4n) is 2.87. The molecule has 5 heteroatoms. The molecule has 2 fully saturated rings. The molecule has 0 aliphatic heterocycles. The molecule has 1 aromatic rings. The summed E-state index contributed by atoms with van der Waals surface area (Å²) in [5, 5.41) is 0. The molecule has 5 nitrogen and oxygen atoms in total. The number of Topliss-reactive ketones (excluding diaryl/α,β-unsaturated/α-hetero) is 1. The molecule has 1 N–H and O–H groups in total. The van der Waals surface area contributed by atoms with Gasteiger partial charge in [-0.1, -0.05) is 0 Å². The lowest BCUT2D eigenvalue weighted by molar-refractivity contribution is 0.101. The molecule has 0 unspecified atom stereocenters. The Labute approximate surface area is 110 Å². The van der Waals surface area contributed by atoms with E-state index in [2.05, 4.69) is 4.98 Å². The second-order valence-electron chi connectivity index (χ2n) is 5.82. The van der Waals surface area contributed by atoms with Gasteiger partial charge in [-0.05, 0) is 50.4 Å². The molecular weight excluding hydrogens is 244 g/mol. The average Bonchev–Trinajstić information content (AvgIpc) is 3.22. The van der Waals surface area contributed by atoms with Crippen molar-refractivity contribution in [2.45, 2.75) is 39.2 Å². The lowest BCUT2D eigenvalue weighted by Gasteiger charge is -2.16. The van der Waals surface area contributed by atoms with Crippen LogP contribution in [0.15, 0.2) is 15.8 Å². The van der Waals surface area contributed by atoms with Gasteiger partial charge in [-0.15, -0.1) is 0 Å².